The van der Waals surface area contributed by atoms with Crippen LogP contribution in [0.3, 0.4) is 0 Å². The highest BCUT2D eigenvalue weighted by atomic mass is 35.5. The van der Waals surface area contributed by atoms with E-state index < -0.39 is 0 Å². The molecule has 0 atom stereocenters. The van der Waals surface area contributed by atoms with Crippen LogP contribution in [0.2, 0.25) is 5.15 Å². The fraction of sp³-hybridized carbons (Fsp3) is 0.400. The molecular weight excluding hydrogens is 214 g/mol. The lowest BCUT2D eigenvalue weighted by atomic mass is 10.2. The van der Waals surface area contributed by atoms with Crippen molar-refractivity contribution in [2.75, 3.05) is 12.8 Å². The first-order valence-corrected chi connectivity index (χ1v) is 5.15. The second-order valence-corrected chi connectivity index (χ2v) is 4.11. The summed E-state index contributed by atoms with van der Waals surface area (Å²) in [5.74, 6) is -0.109. The van der Waals surface area contributed by atoms with Gasteiger partial charge in [-0.2, -0.15) is 0 Å². The number of hydrogen-bond acceptors (Lipinski definition) is 3. The van der Waals surface area contributed by atoms with Gasteiger partial charge in [-0.25, -0.2) is 4.98 Å². The summed E-state index contributed by atoms with van der Waals surface area (Å²) >= 11 is 5.85. The highest BCUT2D eigenvalue weighted by molar-refractivity contribution is 6.32. The largest absolute Gasteiger partial charge is 0.397 e. The van der Waals surface area contributed by atoms with Gasteiger partial charge in [0.15, 0.2) is 0 Å². The maximum Gasteiger partial charge on any atom is 0.257 e. The van der Waals surface area contributed by atoms with Crippen molar-refractivity contribution in [1.29, 1.82) is 0 Å². The van der Waals surface area contributed by atoms with E-state index in [1.54, 1.807) is 18.0 Å². The topological polar surface area (TPSA) is 59.2 Å². The van der Waals surface area contributed by atoms with Gasteiger partial charge in [0.2, 0.25) is 0 Å². The fourth-order valence-corrected chi connectivity index (χ4v) is 1.62. The van der Waals surface area contributed by atoms with Crippen molar-refractivity contribution in [2.45, 2.75) is 18.9 Å². The predicted octanol–water partition coefficient (Wildman–Crippen LogP) is 1.55. The molecule has 2 rings (SSSR count). The lowest BCUT2D eigenvalue weighted by Gasteiger charge is -2.16. The lowest BCUT2D eigenvalue weighted by molar-refractivity contribution is 0.0785. The molecule has 4 nitrogen and oxygen atoms in total. The zero-order chi connectivity index (χ0) is 11.0. The Morgan fingerprint density at radius 2 is 2.33 bits per heavy atom. The Labute approximate surface area is 93.0 Å². The molecule has 1 heterocycles. The number of nitrogens with two attached hydrogens (primary N) is 1. The minimum atomic E-state index is -0.109. The van der Waals surface area contributed by atoms with E-state index in [2.05, 4.69) is 4.98 Å². The van der Waals surface area contributed by atoms with Crippen molar-refractivity contribution in [2.24, 2.45) is 0 Å². The monoisotopic (exact) mass is 225 g/mol. The van der Waals surface area contributed by atoms with Crippen LogP contribution >= 0.6 is 11.6 Å². The summed E-state index contributed by atoms with van der Waals surface area (Å²) in [6.45, 7) is 0. The standard InChI is InChI=1S/C10H12ClN3O/c1-14(7-2-3-7)10(15)8-4-6(12)5-13-9(8)11/h4-5,7H,2-3,12H2,1H3. The number of nitrogens with zero attached hydrogens (tertiary/aromatic N) is 2. The summed E-state index contributed by atoms with van der Waals surface area (Å²) in [6.07, 6.45) is 3.57. The van der Waals surface area contributed by atoms with Crippen LogP contribution in [0.5, 0.6) is 0 Å². The van der Waals surface area contributed by atoms with Gasteiger partial charge in [0.05, 0.1) is 17.4 Å². The summed E-state index contributed by atoms with van der Waals surface area (Å²) in [6, 6.07) is 1.92. The van der Waals surface area contributed by atoms with Crippen molar-refractivity contribution in [1.82, 2.24) is 9.88 Å². The first-order valence-electron chi connectivity index (χ1n) is 4.78. The maximum absolute atomic E-state index is 11.9. The molecule has 1 aromatic heterocycles. The highest BCUT2D eigenvalue weighted by Crippen LogP contribution is 2.28. The van der Waals surface area contributed by atoms with Crippen LogP contribution in [0.4, 0.5) is 5.69 Å². The molecule has 1 fully saturated rings. The number of carbonyl (C=O) groups excluding carboxylic acids is 1. The van der Waals surface area contributed by atoms with Crippen LogP contribution in [-0.4, -0.2) is 28.9 Å². The van der Waals surface area contributed by atoms with E-state index in [0.29, 0.717) is 17.3 Å². The first kappa shape index (κ1) is 10.2. The highest BCUT2D eigenvalue weighted by Gasteiger charge is 2.31. The number of nitrogen functional groups attached to an aromatic ring is 1. The Kier molecular flexibility index (Phi) is 2.52. The number of anilines is 1. The second kappa shape index (κ2) is 3.70. The first-order chi connectivity index (χ1) is 7.09. The van der Waals surface area contributed by atoms with Gasteiger partial charge < -0.3 is 10.6 Å². The molecule has 0 bridgehead atoms. The Hall–Kier alpha value is -1.29. The molecule has 15 heavy (non-hydrogen) atoms. The smallest absolute Gasteiger partial charge is 0.257 e. The van der Waals surface area contributed by atoms with Crippen LogP contribution in [0.1, 0.15) is 23.2 Å². The number of rotatable bonds is 2. The van der Waals surface area contributed by atoms with Crippen LogP contribution < -0.4 is 5.73 Å². The summed E-state index contributed by atoms with van der Waals surface area (Å²) in [7, 11) is 1.78. The number of amides is 1. The molecule has 2 N–H and O–H groups in total. The van der Waals surface area contributed by atoms with Crippen LogP contribution in [0.25, 0.3) is 0 Å². The summed E-state index contributed by atoms with van der Waals surface area (Å²) in [4.78, 5) is 17.5. The van der Waals surface area contributed by atoms with Crippen molar-refractivity contribution < 1.29 is 4.79 Å². The second-order valence-electron chi connectivity index (χ2n) is 3.75. The van der Waals surface area contributed by atoms with Crippen molar-refractivity contribution >= 4 is 23.2 Å². The van der Waals surface area contributed by atoms with E-state index in [9.17, 15) is 4.79 Å². The minimum Gasteiger partial charge on any atom is -0.397 e. The molecule has 1 amide bonds. The summed E-state index contributed by atoms with van der Waals surface area (Å²) in [5.41, 5.74) is 6.40. The quantitative estimate of drug-likeness (QED) is 0.777. The molecule has 0 saturated heterocycles. The van der Waals surface area contributed by atoms with E-state index in [1.807, 2.05) is 0 Å². The van der Waals surface area contributed by atoms with Gasteiger partial charge >= 0.3 is 0 Å². The number of halogens is 1. The van der Waals surface area contributed by atoms with Crippen LogP contribution in [0.15, 0.2) is 12.3 Å². The minimum absolute atomic E-state index is 0.109. The molecular formula is C10H12ClN3O. The van der Waals surface area contributed by atoms with E-state index >= 15 is 0 Å². The van der Waals surface area contributed by atoms with E-state index in [-0.39, 0.29) is 11.1 Å². The molecule has 5 heteroatoms. The number of aromatic nitrogens is 1. The molecule has 0 aliphatic heterocycles. The van der Waals surface area contributed by atoms with Gasteiger partial charge in [-0.1, -0.05) is 11.6 Å². The van der Waals surface area contributed by atoms with E-state index in [0.717, 1.165) is 12.8 Å². The molecule has 1 aromatic rings. The zero-order valence-electron chi connectivity index (χ0n) is 8.40. The molecule has 0 aromatic carbocycles. The van der Waals surface area contributed by atoms with Gasteiger partial charge in [-0.05, 0) is 18.9 Å². The van der Waals surface area contributed by atoms with E-state index in [1.165, 1.54) is 6.20 Å². The average Bonchev–Trinajstić information content (AvgIpc) is 3.03. The third-order valence-electron chi connectivity index (χ3n) is 2.51. The maximum atomic E-state index is 11.9. The van der Waals surface area contributed by atoms with Gasteiger partial charge in [0.25, 0.3) is 5.91 Å². The Bertz CT molecular complexity index is 404. The third kappa shape index (κ3) is 2.04. The number of pyridine rings is 1. The van der Waals surface area contributed by atoms with Crippen LogP contribution in [-0.2, 0) is 0 Å². The Morgan fingerprint density at radius 1 is 1.67 bits per heavy atom. The van der Waals surface area contributed by atoms with Crippen molar-refractivity contribution in [3.8, 4) is 0 Å². The lowest BCUT2D eigenvalue weighted by Crippen LogP contribution is -2.29. The SMILES string of the molecule is CN(C(=O)c1cc(N)cnc1Cl)C1CC1. The summed E-state index contributed by atoms with van der Waals surface area (Å²) < 4.78 is 0. The van der Waals surface area contributed by atoms with Crippen molar-refractivity contribution in [3.63, 3.8) is 0 Å². The molecule has 80 valence electrons. The van der Waals surface area contributed by atoms with Gasteiger partial charge in [0, 0.05) is 13.1 Å². The Morgan fingerprint density at radius 3 is 2.93 bits per heavy atom. The molecule has 1 aliphatic rings. The molecule has 0 unspecified atom stereocenters. The summed E-state index contributed by atoms with van der Waals surface area (Å²) in [5, 5.41) is 0.210. The van der Waals surface area contributed by atoms with Crippen LogP contribution in [0, 0.1) is 0 Å². The molecule has 0 radical (unpaired) electrons. The number of hydrogen-bond donors (Lipinski definition) is 1. The third-order valence-corrected chi connectivity index (χ3v) is 2.81. The predicted molar refractivity (Wildman–Crippen MR) is 58.8 cm³/mol. The molecule has 0 spiro atoms. The van der Waals surface area contributed by atoms with Gasteiger partial charge in [-0.3, -0.25) is 4.79 Å². The fourth-order valence-electron chi connectivity index (χ4n) is 1.43. The van der Waals surface area contributed by atoms with Gasteiger partial charge in [0.1, 0.15) is 5.15 Å². The zero-order valence-corrected chi connectivity index (χ0v) is 9.16. The number of carbonyl (C=O) groups is 1. The Balaban J connectivity index is 2.27. The molecule has 1 saturated carbocycles. The van der Waals surface area contributed by atoms with Gasteiger partial charge in [-0.15, -0.1) is 0 Å². The normalized spacial score (nSPS) is 15.1. The van der Waals surface area contributed by atoms with E-state index in [4.69, 9.17) is 17.3 Å². The van der Waals surface area contributed by atoms with Crippen molar-refractivity contribution in [3.05, 3.63) is 23.0 Å². The molecule has 1 aliphatic carbocycles. The average molecular weight is 226 g/mol.